The molecule has 2 atom stereocenters. The number of rotatable bonds is 11. The van der Waals surface area contributed by atoms with Crippen molar-refractivity contribution < 1.29 is 32.3 Å². The fourth-order valence-corrected chi connectivity index (χ4v) is 2.10. The van der Waals surface area contributed by atoms with E-state index in [1.165, 1.54) is 14.2 Å². The van der Waals surface area contributed by atoms with Gasteiger partial charge >= 0.3 is 15.0 Å². The topological polar surface area (TPSA) is 83.5 Å². The van der Waals surface area contributed by atoms with Gasteiger partial charge in [0.05, 0.1) is 12.7 Å². The van der Waals surface area contributed by atoms with Gasteiger partial charge in [-0.15, -0.1) is 0 Å². The molecule has 0 fully saturated rings. The van der Waals surface area contributed by atoms with E-state index in [4.69, 9.17) is 22.8 Å². The predicted molar refractivity (Wildman–Crippen MR) is 73.6 cm³/mol. The zero-order valence-corrected chi connectivity index (χ0v) is 13.9. The summed E-state index contributed by atoms with van der Waals surface area (Å²) < 4.78 is 25.6. The van der Waals surface area contributed by atoms with E-state index in [9.17, 15) is 9.59 Å². The molecule has 0 aliphatic heterocycles. The van der Waals surface area contributed by atoms with E-state index in [1.54, 1.807) is 6.92 Å². The normalized spacial score (nSPS) is 14.9. The molecule has 1 N–H and O–H groups in total. The summed E-state index contributed by atoms with van der Waals surface area (Å²) in [6, 6.07) is 0. The largest absolute Gasteiger partial charge is 0.676 e. The molecule has 0 bridgehead atoms. The second-order valence-electron chi connectivity index (χ2n) is 4.09. The molecule has 120 valence electrons. The number of hydrogen-bond donors (Lipinski definition) is 1. The van der Waals surface area contributed by atoms with Crippen LogP contribution in [0.1, 0.15) is 40.0 Å². The van der Waals surface area contributed by atoms with Crippen molar-refractivity contribution >= 4 is 15.0 Å². The summed E-state index contributed by atoms with van der Waals surface area (Å²) in [7, 11) is -0.934. The highest BCUT2D eigenvalue weighted by molar-refractivity contribution is 6.51. The molecule has 0 saturated carbocycles. The number of hydrogen-bond acceptors (Lipinski definition) is 7. The first kappa shape index (κ1) is 19.5. The highest BCUT2D eigenvalue weighted by atomic mass is 28.4. The first-order chi connectivity index (χ1) is 9.44. The third-order valence-corrected chi connectivity index (χ3v) is 4.22. The van der Waals surface area contributed by atoms with Crippen molar-refractivity contribution in [3.8, 4) is 0 Å². The molecule has 7 nitrogen and oxygen atoms in total. The molecule has 0 aliphatic carbocycles. The summed E-state index contributed by atoms with van der Waals surface area (Å²) in [6.45, 7) is 5.58. The van der Waals surface area contributed by atoms with Crippen LogP contribution in [0.25, 0.3) is 0 Å². The lowest BCUT2D eigenvalue weighted by Gasteiger charge is -2.25. The van der Waals surface area contributed by atoms with E-state index in [0.717, 1.165) is 0 Å². The Bertz CT molecular complexity index is 271. The zero-order valence-electron chi connectivity index (χ0n) is 12.9. The molecule has 0 rings (SSSR count). The third-order valence-electron chi connectivity index (χ3n) is 2.65. The Morgan fingerprint density at radius 1 is 1.15 bits per heavy atom. The first-order valence-corrected chi connectivity index (χ1v) is 8.43. The summed E-state index contributed by atoms with van der Waals surface area (Å²) in [5.74, 6) is -0.313. The SMILES string of the molecule is CCC(=O)OC(CC)OC(CC)CO[Si](O)(OC)OC. The van der Waals surface area contributed by atoms with Crippen LogP contribution in [-0.4, -0.2) is 53.0 Å². The molecule has 0 amide bonds. The fourth-order valence-electron chi connectivity index (χ4n) is 1.30. The molecular formula is C12H26O7Si. The van der Waals surface area contributed by atoms with Gasteiger partial charge in [-0.05, 0) is 6.42 Å². The Morgan fingerprint density at radius 2 is 1.75 bits per heavy atom. The second kappa shape index (κ2) is 10.2. The minimum absolute atomic E-state index is 0.0983. The van der Waals surface area contributed by atoms with Crippen molar-refractivity contribution in [1.82, 2.24) is 0 Å². The quantitative estimate of drug-likeness (QED) is 0.349. The Kier molecular flexibility index (Phi) is 9.99. The van der Waals surface area contributed by atoms with Gasteiger partial charge in [-0.1, -0.05) is 20.8 Å². The van der Waals surface area contributed by atoms with Gasteiger partial charge in [0, 0.05) is 27.1 Å². The molecule has 0 aromatic rings. The predicted octanol–water partition coefficient (Wildman–Crippen LogP) is 1.21. The highest BCUT2D eigenvalue weighted by Gasteiger charge is 2.39. The van der Waals surface area contributed by atoms with Gasteiger partial charge in [0.25, 0.3) is 0 Å². The van der Waals surface area contributed by atoms with Crippen molar-refractivity contribution in [2.24, 2.45) is 0 Å². The van der Waals surface area contributed by atoms with Crippen molar-refractivity contribution in [1.29, 1.82) is 0 Å². The molecule has 20 heavy (non-hydrogen) atoms. The van der Waals surface area contributed by atoms with Crippen LogP contribution >= 0.6 is 0 Å². The molecular weight excluding hydrogens is 284 g/mol. The van der Waals surface area contributed by atoms with E-state index >= 15 is 0 Å². The van der Waals surface area contributed by atoms with Crippen molar-refractivity contribution in [3.05, 3.63) is 0 Å². The first-order valence-electron chi connectivity index (χ1n) is 6.76. The Hall–Kier alpha value is -0.513. The van der Waals surface area contributed by atoms with Crippen LogP contribution in [-0.2, 0) is 27.5 Å². The fraction of sp³-hybridized carbons (Fsp3) is 0.917. The van der Waals surface area contributed by atoms with Crippen LogP contribution in [0.15, 0.2) is 0 Å². The van der Waals surface area contributed by atoms with Crippen LogP contribution in [0.3, 0.4) is 0 Å². The monoisotopic (exact) mass is 310 g/mol. The molecule has 0 radical (unpaired) electrons. The van der Waals surface area contributed by atoms with Crippen LogP contribution in [0, 0.1) is 0 Å². The summed E-state index contributed by atoms with van der Waals surface area (Å²) in [5.41, 5.74) is 0. The summed E-state index contributed by atoms with van der Waals surface area (Å²) >= 11 is 0. The number of carbonyl (C=O) groups excluding carboxylic acids is 1. The maximum Gasteiger partial charge on any atom is 0.676 e. The summed E-state index contributed by atoms with van der Waals surface area (Å²) in [5, 5.41) is 0. The van der Waals surface area contributed by atoms with E-state index in [-0.39, 0.29) is 18.7 Å². The molecule has 0 heterocycles. The van der Waals surface area contributed by atoms with E-state index in [2.05, 4.69) is 0 Å². The Labute approximate surface area is 121 Å². The molecule has 2 unspecified atom stereocenters. The van der Waals surface area contributed by atoms with Gasteiger partial charge in [0.1, 0.15) is 0 Å². The summed E-state index contributed by atoms with van der Waals surface area (Å²) in [6.07, 6.45) is 0.536. The number of carbonyl (C=O) groups is 1. The van der Waals surface area contributed by atoms with Crippen LogP contribution in [0.4, 0.5) is 0 Å². The lowest BCUT2D eigenvalue weighted by Crippen LogP contribution is -2.46. The van der Waals surface area contributed by atoms with Crippen molar-refractivity contribution in [3.63, 3.8) is 0 Å². The lowest BCUT2D eigenvalue weighted by molar-refractivity contribution is -0.195. The molecule has 0 aromatic carbocycles. The molecule has 8 heteroatoms. The van der Waals surface area contributed by atoms with Gasteiger partial charge in [-0.3, -0.25) is 4.79 Å². The van der Waals surface area contributed by atoms with E-state index in [1.807, 2.05) is 13.8 Å². The van der Waals surface area contributed by atoms with Gasteiger partial charge in [-0.25, -0.2) is 0 Å². The Balaban J connectivity index is 4.34. The van der Waals surface area contributed by atoms with Crippen molar-refractivity contribution in [2.75, 3.05) is 20.8 Å². The van der Waals surface area contributed by atoms with Crippen LogP contribution in [0.2, 0.25) is 0 Å². The number of ether oxygens (including phenoxy) is 2. The van der Waals surface area contributed by atoms with Gasteiger partial charge < -0.3 is 27.5 Å². The molecule has 0 saturated heterocycles. The zero-order chi connectivity index (χ0) is 15.6. The van der Waals surface area contributed by atoms with Gasteiger partial charge in [-0.2, -0.15) is 0 Å². The van der Waals surface area contributed by atoms with Crippen molar-refractivity contribution in [2.45, 2.75) is 52.4 Å². The van der Waals surface area contributed by atoms with Crippen LogP contribution in [0.5, 0.6) is 0 Å². The van der Waals surface area contributed by atoms with Gasteiger partial charge in [0.2, 0.25) is 6.29 Å². The van der Waals surface area contributed by atoms with E-state index < -0.39 is 15.3 Å². The van der Waals surface area contributed by atoms with E-state index in [0.29, 0.717) is 19.3 Å². The molecule has 0 spiro atoms. The third kappa shape index (κ3) is 7.32. The molecule has 0 aromatic heterocycles. The average molecular weight is 310 g/mol. The smallest absolute Gasteiger partial charge is 0.436 e. The van der Waals surface area contributed by atoms with Gasteiger partial charge in [0.15, 0.2) is 0 Å². The average Bonchev–Trinajstić information content (AvgIpc) is 2.49. The standard InChI is InChI=1S/C12H26O7Si/c1-6-10(9-17-20(14,15-4)16-5)18-12(8-3)19-11(13)7-2/h10,12,14H,6-9H2,1-5H3. The second-order valence-corrected chi connectivity index (χ2v) is 6.24. The van der Waals surface area contributed by atoms with Crippen LogP contribution < -0.4 is 0 Å². The highest BCUT2D eigenvalue weighted by Crippen LogP contribution is 2.12. The minimum atomic E-state index is -3.56. The summed E-state index contributed by atoms with van der Waals surface area (Å²) in [4.78, 5) is 21.0. The number of esters is 1. The lowest BCUT2D eigenvalue weighted by atomic mass is 10.3. The minimum Gasteiger partial charge on any atom is -0.436 e. The molecule has 0 aliphatic rings. The maximum atomic E-state index is 11.3. The Morgan fingerprint density at radius 3 is 2.15 bits per heavy atom. The maximum absolute atomic E-state index is 11.3.